The van der Waals surface area contributed by atoms with Gasteiger partial charge in [0, 0.05) is 14.1 Å². The van der Waals surface area contributed by atoms with Crippen molar-refractivity contribution in [2.45, 2.75) is 128 Å². The second-order valence-electron chi connectivity index (χ2n) is 8.56. The van der Waals surface area contributed by atoms with Crippen molar-refractivity contribution in [2.24, 2.45) is 0 Å². The normalized spacial score (nSPS) is 19.9. The number of likely N-dealkylation sites (N-methyl/N-ethyl adjacent to an activating group) is 1. The Morgan fingerprint density at radius 3 is 1.63 bits per heavy atom. The van der Waals surface area contributed by atoms with Crippen molar-refractivity contribution in [3.63, 3.8) is 0 Å². The summed E-state index contributed by atoms with van der Waals surface area (Å²) in [6.07, 6.45) is 19.8. The van der Waals surface area contributed by atoms with Gasteiger partial charge < -0.3 is 14.7 Å². The number of rotatable bonds is 18. The van der Waals surface area contributed by atoms with Crippen molar-refractivity contribution in [3.8, 4) is 0 Å². The Morgan fingerprint density at radius 1 is 0.815 bits per heavy atom. The molecule has 0 aromatic carbocycles. The molecule has 160 valence electrons. The van der Waals surface area contributed by atoms with Crippen LogP contribution in [0.2, 0.25) is 0 Å². The van der Waals surface area contributed by atoms with Crippen LogP contribution in [0.4, 0.5) is 0 Å². The molecule has 4 nitrogen and oxygen atoms in total. The molecule has 0 bridgehead atoms. The fourth-order valence-corrected chi connectivity index (χ4v) is 3.76. The van der Waals surface area contributed by atoms with Crippen LogP contribution in [-0.4, -0.2) is 48.3 Å². The van der Waals surface area contributed by atoms with Gasteiger partial charge in [-0.2, -0.15) is 0 Å². The lowest BCUT2D eigenvalue weighted by molar-refractivity contribution is -0.130. The summed E-state index contributed by atoms with van der Waals surface area (Å²) in [5, 5.41) is 10.1. The van der Waals surface area contributed by atoms with Gasteiger partial charge in [-0.1, -0.05) is 103 Å². The largest absolute Gasteiger partial charge is 0.390 e. The van der Waals surface area contributed by atoms with E-state index in [0.29, 0.717) is 0 Å². The number of amides is 1. The minimum Gasteiger partial charge on any atom is -0.390 e. The third kappa shape index (κ3) is 11.7. The first kappa shape index (κ1) is 24.4. The highest BCUT2D eigenvalue weighted by Crippen LogP contribution is 2.29. The molecule has 0 aliphatic carbocycles. The van der Waals surface area contributed by atoms with Crippen LogP contribution < -0.4 is 0 Å². The van der Waals surface area contributed by atoms with Crippen molar-refractivity contribution >= 4 is 5.91 Å². The molecule has 1 amide bonds. The van der Waals surface area contributed by atoms with E-state index < -0.39 is 12.2 Å². The molecule has 27 heavy (non-hydrogen) atoms. The second kappa shape index (κ2) is 15.3. The van der Waals surface area contributed by atoms with Gasteiger partial charge in [0.1, 0.15) is 6.10 Å². The van der Waals surface area contributed by atoms with Crippen LogP contribution >= 0.6 is 0 Å². The van der Waals surface area contributed by atoms with E-state index in [0.717, 1.165) is 12.8 Å². The number of carbonyl (C=O) groups excluding carboxylic acids is 1. The average Bonchev–Trinajstić information content (AvgIpc) is 3.44. The number of unbranched alkanes of at least 4 members (excludes halogenated alkanes) is 14. The van der Waals surface area contributed by atoms with Gasteiger partial charge in [-0.3, -0.25) is 4.79 Å². The van der Waals surface area contributed by atoms with Crippen molar-refractivity contribution in [1.82, 2.24) is 4.90 Å². The van der Waals surface area contributed by atoms with Gasteiger partial charge in [0.15, 0.2) is 6.10 Å². The Balaban J connectivity index is 1.79. The quantitative estimate of drug-likeness (QED) is 0.252. The zero-order valence-corrected chi connectivity index (χ0v) is 18.3. The molecule has 0 spiro atoms. The maximum Gasteiger partial charge on any atom is 0.254 e. The molecule has 0 radical (unpaired) electrons. The van der Waals surface area contributed by atoms with E-state index in [-0.39, 0.29) is 12.0 Å². The first-order chi connectivity index (χ1) is 13.1. The van der Waals surface area contributed by atoms with Crippen molar-refractivity contribution in [3.05, 3.63) is 0 Å². The first-order valence-electron chi connectivity index (χ1n) is 11.6. The van der Waals surface area contributed by atoms with Crippen molar-refractivity contribution in [2.75, 3.05) is 14.1 Å². The summed E-state index contributed by atoms with van der Waals surface area (Å²) in [7, 11) is 3.45. The number of ether oxygens (including phenoxy) is 1. The highest BCUT2D eigenvalue weighted by molar-refractivity contribution is 5.83. The summed E-state index contributed by atoms with van der Waals surface area (Å²) in [6, 6.07) is 0. The van der Waals surface area contributed by atoms with Crippen molar-refractivity contribution in [1.29, 1.82) is 0 Å². The SMILES string of the molecule is CCCCCCCCCCCCCCCCCC(O)[C@@H]1O[C@@H]1C(=O)N(C)C. The smallest absolute Gasteiger partial charge is 0.254 e. The minimum atomic E-state index is -0.485. The topological polar surface area (TPSA) is 53.1 Å². The fourth-order valence-electron chi connectivity index (χ4n) is 3.76. The molecule has 1 fully saturated rings. The standard InChI is InChI=1S/C23H45NO3/c1-4-5-6-7-8-9-10-11-12-13-14-15-16-17-18-19-20(25)21-22(27-21)23(26)24(2)3/h20-22,25H,4-19H2,1-3H3/t20?,21-,22-/m0/s1. The predicted molar refractivity (Wildman–Crippen MR) is 113 cm³/mol. The molecule has 4 heteroatoms. The number of nitrogens with zero attached hydrogens (tertiary/aromatic N) is 1. The Bertz CT molecular complexity index is 373. The summed E-state index contributed by atoms with van der Waals surface area (Å²) in [6.45, 7) is 2.28. The van der Waals surface area contributed by atoms with E-state index in [1.165, 1.54) is 94.8 Å². The summed E-state index contributed by atoms with van der Waals surface area (Å²) in [4.78, 5) is 13.3. The Labute approximate surface area is 168 Å². The van der Waals surface area contributed by atoms with Gasteiger partial charge in [-0.05, 0) is 6.42 Å². The Morgan fingerprint density at radius 2 is 1.22 bits per heavy atom. The number of hydrogen-bond donors (Lipinski definition) is 1. The van der Waals surface area contributed by atoms with Crippen LogP contribution in [0.15, 0.2) is 0 Å². The molecule has 1 aliphatic heterocycles. The third-order valence-corrected chi connectivity index (χ3v) is 5.69. The number of aliphatic hydroxyl groups excluding tert-OH is 1. The highest BCUT2D eigenvalue weighted by atomic mass is 16.6. The molecular formula is C23H45NO3. The van der Waals surface area contributed by atoms with Crippen LogP contribution in [0, 0.1) is 0 Å². The van der Waals surface area contributed by atoms with Crippen molar-refractivity contribution < 1.29 is 14.6 Å². The molecule has 1 saturated heterocycles. The van der Waals surface area contributed by atoms with Crippen LogP contribution in [0.3, 0.4) is 0 Å². The maximum atomic E-state index is 11.7. The minimum absolute atomic E-state index is 0.0319. The predicted octanol–water partition coefficient (Wildman–Crippen LogP) is 5.46. The maximum absolute atomic E-state index is 11.7. The van der Waals surface area contributed by atoms with E-state index in [1.807, 2.05) is 0 Å². The van der Waals surface area contributed by atoms with E-state index in [9.17, 15) is 9.90 Å². The zero-order chi connectivity index (χ0) is 19.9. The van der Waals surface area contributed by atoms with E-state index in [2.05, 4.69) is 6.92 Å². The summed E-state index contributed by atoms with van der Waals surface area (Å²) in [5.74, 6) is -0.0319. The fraction of sp³-hybridized carbons (Fsp3) is 0.957. The van der Waals surface area contributed by atoms with Gasteiger partial charge in [0.2, 0.25) is 0 Å². The molecule has 1 rings (SSSR count). The molecule has 1 aliphatic rings. The molecule has 1 heterocycles. The first-order valence-corrected chi connectivity index (χ1v) is 11.6. The van der Waals surface area contributed by atoms with Gasteiger partial charge in [-0.15, -0.1) is 0 Å². The Kier molecular flexibility index (Phi) is 13.9. The van der Waals surface area contributed by atoms with E-state index in [4.69, 9.17) is 4.74 Å². The molecular weight excluding hydrogens is 338 g/mol. The number of epoxide rings is 1. The molecule has 1 N–H and O–H groups in total. The molecule has 3 atom stereocenters. The number of aliphatic hydroxyl groups is 1. The van der Waals surface area contributed by atoms with Crippen LogP contribution in [-0.2, 0) is 9.53 Å². The molecule has 1 unspecified atom stereocenters. The third-order valence-electron chi connectivity index (χ3n) is 5.69. The van der Waals surface area contributed by atoms with Gasteiger partial charge in [0.05, 0.1) is 6.10 Å². The number of hydrogen-bond acceptors (Lipinski definition) is 3. The lowest BCUT2D eigenvalue weighted by Gasteiger charge is -2.09. The highest BCUT2D eigenvalue weighted by Gasteiger charge is 2.49. The zero-order valence-electron chi connectivity index (χ0n) is 18.3. The van der Waals surface area contributed by atoms with Gasteiger partial charge in [-0.25, -0.2) is 0 Å². The van der Waals surface area contributed by atoms with E-state index in [1.54, 1.807) is 14.1 Å². The average molecular weight is 384 g/mol. The molecule has 0 aromatic rings. The van der Waals surface area contributed by atoms with Crippen LogP contribution in [0.5, 0.6) is 0 Å². The monoisotopic (exact) mass is 383 g/mol. The van der Waals surface area contributed by atoms with E-state index >= 15 is 0 Å². The van der Waals surface area contributed by atoms with Gasteiger partial charge in [0.25, 0.3) is 5.91 Å². The summed E-state index contributed by atoms with van der Waals surface area (Å²) in [5.41, 5.74) is 0. The Hall–Kier alpha value is -0.610. The summed E-state index contributed by atoms with van der Waals surface area (Å²) >= 11 is 0. The van der Waals surface area contributed by atoms with Crippen LogP contribution in [0.25, 0.3) is 0 Å². The lowest BCUT2D eigenvalue weighted by atomic mass is 10.0. The summed E-state index contributed by atoms with van der Waals surface area (Å²) < 4.78 is 5.34. The van der Waals surface area contributed by atoms with Gasteiger partial charge >= 0.3 is 0 Å². The molecule has 0 saturated carbocycles. The lowest BCUT2D eigenvalue weighted by Crippen LogP contribution is -2.30. The van der Waals surface area contributed by atoms with Crippen LogP contribution in [0.1, 0.15) is 110 Å². The number of carbonyl (C=O) groups is 1. The molecule has 0 aromatic heterocycles. The second-order valence-corrected chi connectivity index (χ2v) is 8.56.